The van der Waals surface area contributed by atoms with Crippen molar-refractivity contribution in [3.05, 3.63) is 48.7 Å². The number of Topliss-reactive ketones (excluding diaryl/α,β-unsaturated/α-hetero) is 1. The van der Waals surface area contributed by atoms with Crippen LogP contribution in [0.5, 0.6) is 5.75 Å². The average Bonchev–Trinajstić information content (AvgIpc) is 2.55. The predicted octanol–water partition coefficient (Wildman–Crippen LogP) is 3.37. The van der Waals surface area contributed by atoms with Gasteiger partial charge in [0, 0.05) is 11.5 Å². The van der Waals surface area contributed by atoms with Gasteiger partial charge in [-0.05, 0) is 12.1 Å². The van der Waals surface area contributed by atoms with E-state index < -0.39 is 0 Å². The van der Waals surface area contributed by atoms with Crippen LogP contribution in [0.4, 0.5) is 0 Å². The van der Waals surface area contributed by atoms with Crippen LogP contribution in [0.2, 0.25) is 0 Å². The van der Waals surface area contributed by atoms with Crippen molar-refractivity contribution in [3.8, 4) is 17.0 Å². The molecule has 0 saturated heterocycles. The van der Waals surface area contributed by atoms with Crippen LogP contribution in [0, 0.1) is 5.92 Å². The smallest absolute Gasteiger partial charge is 0.160 e. The van der Waals surface area contributed by atoms with E-state index in [1.807, 2.05) is 56.3 Å². The maximum absolute atomic E-state index is 11.4. The average molecular weight is 299 g/mol. The SMILES string of the molecule is CC(C)C(=O)COCCOc1ccc(-c2ccccc2)nc1. The molecule has 1 heterocycles. The molecule has 4 heteroatoms. The topological polar surface area (TPSA) is 48.4 Å². The third kappa shape index (κ3) is 4.97. The molecular weight excluding hydrogens is 278 g/mol. The Morgan fingerprint density at radius 3 is 2.50 bits per heavy atom. The summed E-state index contributed by atoms with van der Waals surface area (Å²) in [6, 6.07) is 13.8. The normalized spacial score (nSPS) is 10.7. The van der Waals surface area contributed by atoms with E-state index in [4.69, 9.17) is 9.47 Å². The lowest BCUT2D eigenvalue weighted by Gasteiger charge is -2.08. The van der Waals surface area contributed by atoms with Gasteiger partial charge in [0.2, 0.25) is 0 Å². The van der Waals surface area contributed by atoms with Gasteiger partial charge in [-0.3, -0.25) is 9.78 Å². The molecule has 0 aliphatic carbocycles. The Kier molecular flexibility index (Phi) is 6.10. The molecule has 0 saturated carbocycles. The van der Waals surface area contributed by atoms with Gasteiger partial charge in [0.05, 0.1) is 18.5 Å². The summed E-state index contributed by atoms with van der Waals surface area (Å²) in [6.45, 7) is 4.66. The Hall–Kier alpha value is -2.20. The molecule has 2 aromatic rings. The predicted molar refractivity (Wildman–Crippen MR) is 85.8 cm³/mol. The van der Waals surface area contributed by atoms with E-state index in [9.17, 15) is 4.79 Å². The van der Waals surface area contributed by atoms with Gasteiger partial charge >= 0.3 is 0 Å². The first-order valence-electron chi connectivity index (χ1n) is 7.41. The molecule has 0 aliphatic rings. The molecule has 0 amide bonds. The second-order valence-electron chi connectivity index (χ2n) is 5.27. The van der Waals surface area contributed by atoms with Gasteiger partial charge < -0.3 is 9.47 Å². The zero-order valence-corrected chi connectivity index (χ0v) is 13.0. The quantitative estimate of drug-likeness (QED) is 0.701. The minimum absolute atomic E-state index is 0.00986. The molecule has 22 heavy (non-hydrogen) atoms. The van der Waals surface area contributed by atoms with Crippen molar-refractivity contribution in [1.29, 1.82) is 0 Å². The fourth-order valence-corrected chi connectivity index (χ4v) is 1.80. The van der Waals surface area contributed by atoms with E-state index in [0.717, 1.165) is 11.3 Å². The van der Waals surface area contributed by atoms with E-state index in [2.05, 4.69) is 4.98 Å². The first kappa shape index (κ1) is 16.2. The fourth-order valence-electron chi connectivity index (χ4n) is 1.80. The summed E-state index contributed by atoms with van der Waals surface area (Å²) in [5, 5.41) is 0. The van der Waals surface area contributed by atoms with Crippen molar-refractivity contribution in [3.63, 3.8) is 0 Å². The molecule has 116 valence electrons. The number of rotatable bonds is 8. The monoisotopic (exact) mass is 299 g/mol. The summed E-state index contributed by atoms with van der Waals surface area (Å²) in [7, 11) is 0. The number of hydrogen-bond donors (Lipinski definition) is 0. The Labute approximate surface area is 131 Å². The minimum atomic E-state index is 0.00986. The van der Waals surface area contributed by atoms with Gasteiger partial charge in [-0.25, -0.2) is 0 Å². The second kappa shape index (κ2) is 8.29. The molecule has 0 unspecified atom stereocenters. The summed E-state index contributed by atoms with van der Waals surface area (Å²) < 4.78 is 10.8. The van der Waals surface area contributed by atoms with E-state index in [0.29, 0.717) is 19.0 Å². The molecular formula is C18H21NO3. The number of carbonyl (C=O) groups is 1. The summed E-state index contributed by atoms with van der Waals surface area (Å²) >= 11 is 0. The van der Waals surface area contributed by atoms with Crippen molar-refractivity contribution in [2.75, 3.05) is 19.8 Å². The van der Waals surface area contributed by atoms with Gasteiger partial charge in [-0.1, -0.05) is 44.2 Å². The molecule has 0 radical (unpaired) electrons. The van der Waals surface area contributed by atoms with Gasteiger partial charge in [0.1, 0.15) is 19.0 Å². The Balaban J connectivity index is 1.74. The maximum atomic E-state index is 11.4. The third-order valence-corrected chi connectivity index (χ3v) is 3.19. The van der Waals surface area contributed by atoms with E-state index in [1.54, 1.807) is 6.20 Å². The molecule has 1 aromatic carbocycles. The largest absolute Gasteiger partial charge is 0.490 e. The number of ketones is 1. The fraction of sp³-hybridized carbons (Fsp3) is 0.333. The molecule has 0 spiro atoms. The van der Waals surface area contributed by atoms with Crippen LogP contribution >= 0.6 is 0 Å². The van der Waals surface area contributed by atoms with E-state index >= 15 is 0 Å². The highest BCUT2D eigenvalue weighted by atomic mass is 16.5. The minimum Gasteiger partial charge on any atom is -0.490 e. The number of hydrogen-bond acceptors (Lipinski definition) is 4. The van der Waals surface area contributed by atoms with Crippen molar-refractivity contribution in [2.45, 2.75) is 13.8 Å². The zero-order valence-electron chi connectivity index (χ0n) is 13.0. The second-order valence-corrected chi connectivity index (χ2v) is 5.27. The van der Waals surface area contributed by atoms with Crippen LogP contribution < -0.4 is 4.74 Å². The Bertz CT molecular complexity index is 579. The molecule has 2 rings (SSSR count). The summed E-state index contributed by atoms with van der Waals surface area (Å²) in [6.07, 6.45) is 1.70. The lowest BCUT2D eigenvalue weighted by molar-refractivity contribution is -0.126. The Morgan fingerprint density at radius 1 is 1.09 bits per heavy atom. The molecule has 0 fully saturated rings. The van der Waals surface area contributed by atoms with Crippen LogP contribution in [0.15, 0.2) is 48.7 Å². The first-order valence-corrected chi connectivity index (χ1v) is 7.41. The van der Waals surface area contributed by atoms with Crippen LogP contribution in [-0.4, -0.2) is 30.6 Å². The van der Waals surface area contributed by atoms with Gasteiger partial charge in [-0.15, -0.1) is 0 Å². The number of pyridine rings is 1. The zero-order chi connectivity index (χ0) is 15.8. The highest BCUT2D eigenvalue weighted by Crippen LogP contribution is 2.18. The molecule has 0 aliphatic heterocycles. The van der Waals surface area contributed by atoms with Gasteiger partial charge in [0.25, 0.3) is 0 Å². The highest BCUT2D eigenvalue weighted by molar-refractivity contribution is 5.81. The summed E-state index contributed by atoms with van der Waals surface area (Å²) in [5.74, 6) is 0.808. The lowest BCUT2D eigenvalue weighted by Crippen LogP contribution is -2.17. The number of benzene rings is 1. The highest BCUT2D eigenvalue weighted by Gasteiger charge is 2.06. The molecule has 0 atom stereocenters. The van der Waals surface area contributed by atoms with E-state index in [-0.39, 0.29) is 18.3 Å². The third-order valence-electron chi connectivity index (χ3n) is 3.19. The van der Waals surface area contributed by atoms with E-state index in [1.165, 1.54) is 0 Å². The summed E-state index contributed by atoms with van der Waals surface area (Å²) in [5.41, 5.74) is 1.98. The van der Waals surface area contributed by atoms with Crippen LogP contribution in [0.3, 0.4) is 0 Å². The number of aromatic nitrogens is 1. The van der Waals surface area contributed by atoms with Gasteiger partial charge in [-0.2, -0.15) is 0 Å². The number of carbonyl (C=O) groups excluding carboxylic acids is 1. The first-order chi connectivity index (χ1) is 10.7. The van der Waals surface area contributed by atoms with Crippen molar-refractivity contribution in [1.82, 2.24) is 4.98 Å². The van der Waals surface area contributed by atoms with Crippen LogP contribution in [-0.2, 0) is 9.53 Å². The van der Waals surface area contributed by atoms with Crippen LogP contribution in [0.25, 0.3) is 11.3 Å². The van der Waals surface area contributed by atoms with Crippen molar-refractivity contribution in [2.24, 2.45) is 5.92 Å². The molecule has 1 aromatic heterocycles. The number of nitrogens with zero attached hydrogens (tertiary/aromatic N) is 1. The lowest BCUT2D eigenvalue weighted by atomic mass is 10.1. The maximum Gasteiger partial charge on any atom is 0.160 e. The van der Waals surface area contributed by atoms with Crippen molar-refractivity contribution < 1.29 is 14.3 Å². The Morgan fingerprint density at radius 2 is 1.86 bits per heavy atom. The van der Waals surface area contributed by atoms with Crippen LogP contribution in [0.1, 0.15) is 13.8 Å². The van der Waals surface area contributed by atoms with Crippen molar-refractivity contribution >= 4 is 5.78 Å². The summed E-state index contributed by atoms with van der Waals surface area (Å²) in [4.78, 5) is 15.8. The standard InChI is InChI=1S/C18H21NO3/c1-14(2)18(20)13-21-10-11-22-16-8-9-17(19-12-16)15-6-4-3-5-7-15/h3-9,12,14H,10-11,13H2,1-2H3. The molecule has 4 nitrogen and oxygen atoms in total. The molecule has 0 N–H and O–H groups in total. The van der Waals surface area contributed by atoms with Gasteiger partial charge in [0.15, 0.2) is 5.78 Å². The molecule has 0 bridgehead atoms. The number of ether oxygens (including phenoxy) is 2.